The van der Waals surface area contributed by atoms with Crippen molar-refractivity contribution in [3.8, 4) is 16.9 Å². The number of hydrogen-bond acceptors (Lipinski definition) is 4. The molecule has 0 aromatic heterocycles. The first-order valence-electron chi connectivity index (χ1n) is 15.7. The standard InChI is InChI=1S/C37H43NO4.Na/c1-24-19-30(42-18-6-17-38-16-5-9-34(38)39)20-25(2)36(24)31-8-4-7-28(26(31)3)12-10-27-11-13-32-29(21-27)23-37(14-15-37)33(32)22-35(40)41;/h4,7-8,11,13,19-21,33H,5-6,9-10,12,14-18,22-23H2,1-3H3,(H,40,41);/q;+1/p-1. The predicted octanol–water partition coefficient (Wildman–Crippen LogP) is 3.02. The number of carboxylic acid groups (broad SMARTS) is 1. The number of carbonyl (C=O) groups is 2. The first-order valence-corrected chi connectivity index (χ1v) is 15.7. The van der Waals surface area contributed by atoms with Gasteiger partial charge in [0.2, 0.25) is 5.91 Å². The molecule has 43 heavy (non-hydrogen) atoms. The topological polar surface area (TPSA) is 69.7 Å². The Kier molecular flexibility index (Phi) is 9.75. The van der Waals surface area contributed by atoms with Crippen LogP contribution in [0.2, 0.25) is 0 Å². The summed E-state index contributed by atoms with van der Waals surface area (Å²) in [4.78, 5) is 25.2. The maximum Gasteiger partial charge on any atom is 1.00 e. The fourth-order valence-corrected chi connectivity index (χ4v) is 7.64. The maximum atomic E-state index is 11.8. The van der Waals surface area contributed by atoms with Gasteiger partial charge in [-0.3, -0.25) is 4.79 Å². The zero-order valence-corrected chi connectivity index (χ0v) is 28.3. The molecular weight excluding hydrogens is 545 g/mol. The monoisotopic (exact) mass is 587 g/mol. The van der Waals surface area contributed by atoms with Crippen LogP contribution in [0.15, 0.2) is 48.5 Å². The third kappa shape index (κ3) is 6.74. The minimum Gasteiger partial charge on any atom is -0.550 e. The molecule has 2 fully saturated rings. The first kappa shape index (κ1) is 31.8. The normalized spacial score (nSPS) is 18.1. The van der Waals surface area contributed by atoms with E-state index in [-0.39, 0.29) is 53.2 Å². The molecule has 1 spiro atoms. The second-order valence-electron chi connectivity index (χ2n) is 12.9. The van der Waals surface area contributed by atoms with E-state index in [4.69, 9.17) is 4.74 Å². The second kappa shape index (κ2) is 13.2. The summed E-state index contributed by atoms with van der Waals surface area (Å²) in [7, 11) is 0. The van der Waals surface area contributed by atoms with Crippen molar-refractivity contribution < 1.29 is 49.0 Å². The van der Waals surface area contributed by atoms with Gasteiger partial charge in [-0.1, -0.05) is 36.4 Å². The molecule has 0 bridgehead atoms. The van der Waals surface area contributed by atoms with E-state index in [2.05, 4.69) is 69.3 Å². The molecule has 6 rings (SSSR count). The van der Waals surface area contributed by atoms with Crippen LogP contribution in [-0.2, 0) is 28.9 Å². The molecule has 6 heteroatoms. The molecule has 3 aromatic rings. The van der Waals surface area contributed by atoms with Gasteiger partial charge in [0, 0.05) is 25.5 Å². The Morgan fingerprint density at radius 1 is 1.05 bits per heavy atom. The Balaban J connectivity index is 0.00000368. The van der Waals surface area contributed by atoms with Crippen molar-refractivity contribution in [2.24, 2.45) is 5.41 Å². The Morgan fingerprint density at radius 2 is 1.81 bits per heavy atom. The van der Waals surface area contributed by atoms with E-state index >= 15 is 0 Å². The maximum absolute atomic E-state index is 11.8. The molecule has 0 radical (unpaired) electrons. The van der Waals surface area contributed by atoms with Gasteiger partial charge >= 0.3 is 29.6 Å². The van der Waals surface area contributed by atoms with Gasteiger partial charge in [-0.15, -0.1) is 0 Å². The number of aryl methyl sites for hydroxylation is 4. The summed E-state index contributed by atoms with van der Waals surface area (Å²) in [5.41, 5.74) is 11.7. The van der Waals surface area contributed by atoms with Crippen molar-refractivity contribution in [1.29, 1.82) is 0 Å². The molecule has 1 atom stereocenters. The molecule has 1 aliphatic heterocycles. The van der Waals surface area contributed by atoms with Crippen LogP contribution in [0.4, 0.5) is 0 Å². The van der Waals surface area contributed by atoms with Crippen LogP contribution in [0.3, 0.4) is 0 Å². The quantitative estimate of drug-likeness (QED) is 0.256. The van der Waals surface area contributed by atoms with Gasteiger partial charge < -0.3 is 19.5 Å². The minimum atomic E-state index is -0.933. The number of rotatable bonds is 11. The van der Waals surface area contributed by atoms with Crippen LogP contribution < -0.4 is 39.4 Å². The number of ether oxygens (including phenoxy) is 1. The molecule has 5 nitrogen and oxygen atoms in total. The van der Waals surface area contributed by atoms with Crippen molar-refractivity contribution in [2.45, 2.75) is 84.5 Å². The van der Waals surface area contributed by atoms with Crippen LogP contribution in [0.25, 0.3) is 11.1 Å². The number of fused-ring (bicyclic) bond motifs is 1. The molecule has 220 valence electrons. The van der Waals surface area contributed by atoms with Gasteiger partial charge in [0.05, 0.1) is 6.61 Å². The summed E-state index contributed by atoms with van der Waals surface area (Å²) in [6, 6.07) is 17.7. The SMILES string of the molecule is Cc1cc(OCCCN2CCCC2=O)cc(C)c1-c1cccc(CCc2ccc3c(c2)CC2(CC2)C3CC(=O)[O-])c1C.[Na+]. The van der Waals surface area contributed by atoms with Crippen molar-refractivity contribution in [1.82, 2.24) is 4.90 Å². The molecule has 1 unspecified atom stereocenters. The predicted molar refractivity (Wildman–Crippen MR) is 164 cm³/mol. The van der Waals surface area contributed by atoms with Gasteiger partial charge in [-0.2, -0.15) is 0 Å². The van der Waals surface area contributed by atoms with Crippen LogP contribution in [0.5, 0.6) is 5.75 Å². The molecule has 1 saturated heterocycles. The fourth-order valence-electron chi connectivity index (χ4n) is 7.64. The van der Waals surface area contributed by atoms with E-state index in [0.717, 1.165) is 63.8 Å². The average Bonchev–Trinajstić information content (AvgIpc) is 3.51. The summed E-state index contributed by atoms with van der Waals surface area (Å²) < 4.78 is 6.10. The summed E-state index contributed by atoms with van der Waals surface area (Å²) in [6.45, 7) is 8.82. The van der Waals surface area contributed by atoms with E-state index in [1.54, 1.807) is 0 Å². The number of aliphatic carboxylic acids is 1. The summed E-state index contributed by atoms with van der Waals surface area (Å²) >= 11 is 0. The number of amides is 1. The van der Waals surface area contributed by atoms with Gasteiger partial charge in [0.15, 0.2) is 0 Å². The number of nitrogens with zero attached hydrogens (tertiary/aromatic N) is 1. The van der Waals surface area contributed by atoms with Crippen molar-refractivity contribution >= 4 is 11.9 Å². The molecule has 3 aromatic carbocycles. The van der Waals surface area contributed by atoms with E-state index in [1.165, 1.54) is 50.1 Å². The Bertz CT molecular complexity index is 1500. The van der Waals surface area contributed by atoms with E-state index in [0.29, 0.717) is 13.0 Å². The zero-order chi connectivity index (χ0) is 29.4. The summed E-state index contributed by atoms with van der Waals surface area (Å²) in [5, 5.41) is 11.4. The van der Waals surface area contributed by atoms with Crippen molar-refractivity contribution in [3.05, 3.63) is 87.5 Å². The largest absolute Gasteiger partial charge is 1.00 e. The summed E-state index contributed by atoms with van der Waals surface area (Å²) in [6.07, 6.45) is 7.85. The molecule has 1 heterocycles. The van der Waals surface area contributed by atoms with Crippen molar-refractivity contribution in [3.63, 3.8) is 0 Å². The van der Waals surface area contributed by atoms with Gasteiger partial charge in [0.25, 0.3) is 0 Å². The number of benzene rings is 3. The Labute approximate surface area is 278 Å². The van der Waals surface area contributed by atoms with E-state index in [9.17, 15) is 14.7 Å². The first-order chi connectivity index (χ1) is 20.2. The third-order valence-corrected chi connectivity index (χ3v) is 10.0. The van der Waals surface area contributed by atoms with Gasteiger partial charge in [0.1, 0.15) is 5.75 Å². The van der Waals surface area contributed by atoms with Gasteiger partial charge in [-0.05, 0) is 146 Å². The third-order valence-electron chi connectivity index (χ3n) is 10.0. The van der Waals surface area contributed by atoms with Crippen LogP contribution in [-0.4, -0.2) is 36.5 Å². The molecule has 0 N–H and O–H groups in total. The van der Waals surface area contributed by atoms with E-state index in [1.807, 2.05) is 4.90 Å². The molecular formula is C37H42NNaO4. The molecule has 1 saturated carbocycles. The van der Waals surface area contributed by atoms with Crippen LogP contribution in [0.1, 0.15) is 83.4 Å². The second-order valence-corrected chi connectivity index (χ2v) is 12.9. The zero-order valence-electron chi connectivity index (χ0n) is 26.3. The average molecular weight is 588 g/mol. The Hall–Kier alpha value is -2.60. The van der Waals surface area contributed by atoms with Gasteiger partial charge in [-0.25, -0.2) is 0 Å². The van der Waals surface area contributed by atoms with Crippen LogP contribution >= 0.6 is 0 Å². The molecule has 2 aliphatic carbocycles. The van der Waals surface area contributed by atoms with Crippen molar-refractivity contribution in [2.75, 3.05) is 19.7 Å². The van der Waals surface area contributed by atoms with Crippen LogP contribution in [0, 0.1) is 26.2 Å². The van der Waals surface area contributed by atoms with E-state index < -0.39 is 5.97 Å². The fraction of sp³-hybridized carbons (Fsp3) is 0.459. The minimum absolute atomic E-state index is 0. The Morgan fingerprint density at radius 3 is 2.49 bits per heavy atom. The number of carbonyl (C=O) groups excluding carboxylic acids is 2. The number of likely N-dealkylation sites (tertiary alicyclic amines) is 1. The number of carboxylic acids is 1. The molecule has 3 aliphatic rings. The smallest absolute Gasteiger partial charge is 0.550 e. The molecule has 1 amide bonds. The summed E-state index contributed by atoms with van der Waals surface area (Å²) in [5.74, 6) is 0.348. The number of hydrogen-bond donors (Lipinski definition) is 0.